The fourth-order valence-corrected chi connectivity index (χ4v) is 4.90. The molecule has 1 saturated carbocycles. The number of unbranched alkanes of at least 4 members (excludes halogenated alkanes) is 3. The fraction of sp³-hybridized carbons (Fsp3) is 0.684. The monoisotopic (exact) mass is 376 g/mol. The Balaban J connectivity index is 1.92. The first-order valence-electron chi connectivity index (χ1n) is 8.78. The van der Waals surface area contributed by atoms with Gasteiger partial charge in [-0.3, -0.25) is 0 Å². The second kappa shape index (κ2) is 9.51. The first-order valence-corrected chi connectivity index (χ1v) is 9.97. The van der Waals surface area contributed by atoms with Crippen LogP contribution in [0.4, 0.5) is 0 Å². The maximum absolute atomic E-state index is 10.4. The van der Waals surface area contributed by atoms with Crippen molar-refractivity contribution in [1.29, 1.82) is 0 Å². The number of benzene rings is 1. The Morgan fingerprint density at radius 2 is 1.70 bits per heavy atom. The highest BCUT2D eigenvalue weighted by atomic mass is 35.5. The molecule has 0 spiro atoms. The molecule has 0 bridgehead atoms. The first-order chi connectivity index (χ1) is 11.0. The molecule has 0 radical (unpaired) electrons. The summed E-state index contributed by atoms with van der Waals surface area (Å²) in [4.78, 5) is 0. The van der Waals surface area contributed by atoms with E-state index in [0.717, 1.165) is 31.2 Å². The third-order valence-corrected chi connectivity index (χ3v) is 5.99. The first kappa shape index (κ1) is 19.4. The Kier molecular flexibility index (Phi) is 8.01. The van der Waals surface area contributed by atoms with Crippen molar-refractivity contribution < 1.29 is 5.11 Å². The van der Waals surface area contributed by atoms with Crippen LogP contribution in [-0.2, 0) is 6.42 Å². The molecule has 1 nitrogen and oxygen atoms in total. The van der Waals surface area contributed by atoms with E-state index in [1.165, 1.54) is 25.7 Å². The number of rotatable bonds is 8. The van der Waals surface area contributed by atoms with E-state index in [9.17, 15) is 5.11 Å². The third kappa shape index (κ3) is 5.81. The van der Waals surface area contributed by atoms with Crippen molar-refractivity contribution >= 4 is 34.8 Å². The smallest absolute Gasteiger partial charge is 0.0585 e. The zero-order valence-corrected chi connectivity index (χ0v) is 16.0. The maximum atomic E-state index is 10.4. The van der Waals surface area contributed by atoms with Gasteiger partial charge < -0.3 is 5.11 Å². The molecule has 4 heteroatoms. The van der Waals surface area contributed by atoms with Gasteiger partial charge in [-0.25, -0.2) is 0 Å². The van der Waals surface area contributed by atoms with E-state index in [0.29, 0.717) is 16.0 Å². The molecule has 4 atom stereocenters. The Morgan fingerprint density at radius 1 is 1.00 bits per heavy atom. The van der Waals surface area contributed by atoms with Crippen molar-refractivity contribution in [3.8, 4) is 0 Å². The van der Waals surface area contributed by atoms with E-state index in [1.807, 2.05) is 12.1 Å². The molecule has 1 fully saturated rings. The molecule has 1 N–H and O–H groups in total. The minimum absolute atomic E-state index is 0.111. The molecule has 0 heterocycles. The van der Waals surface area contributed by atoms with Gasteiger partial charge in [0.15, 0.2) is 0 Å². The van der Waals surface area contributed by atoms with Crippen molar-refractivity contribution in [3.63, 3.8) is 0 Å². The number of hydrogen-bond acceptors (Lipinski definition) is 1. The van der Waals surface area contributed by atoms with Crippen LogP contribution >= 0.6 is 34.8 Å². The molecule has 1 aliphatic carbocycles. The number of halogens is 3. The molecule has 2 rings (SSSR count). The van der Waals surface area contributed by atoms with Crippen LogP contribution in [0.2, 0.25) is 10.0 Å². The number of aliphatic hydroxyl groups excluding tert-OH is 1. The lowest BCUT2D eigenvalue weighted by molar-refractivity contribution is 0.109. The Labute approximate surface area is 155 Å². The molecule has 23 heavy (non-hydrogen) atoms. The highest BCUT2D eigenvalue weighted by Crippen LogP contribution is 2.41. The molecule has 0 saturated heterocycles. The van der Waals surface area contributed by atoms with Crippen LogP contribution in [0.5, 0.6) is 0 Å². The number of aliphatic hydroxyl groups is 1. The largest absolute Gasteiger partial charge is 0.393 e. The van der Waals surface area contributed by atoms with E-state index >= 15 is 0 Å². The maximum Gasteiger partial charge on any atom is 0.0585 e. The Hall–Kier alpha value is 0.0500. The molecule has 1 aromatic carbocycles. The van der Waals surface area contributed by atoms with Crippen molar-refractivity contribution in [2.24, 2.45) is 11.8 Å². The third-order valence-electron chi connectivity index (χ3n) is 5.06. The molecule has 1 aliphatic rings. The van der Waals surface area contributed by atoms with Crippen LogP contribution in [0, 0.1) is 11.8 Å². The minimum Gasteiger partial charge on any atom is -0.393 e. The summed E-state index contributed by atoms with van der Waals surface area (Å²) in [5, 5.41) is 11.8. The van der Waals surface area contributed by atoms with Gasteiger partial charge in [0.1, 0.15) is 0 Å². The van der Waals surface area contributed by atoms with Gasteiger partial charge in [-0.05, 0) is 61.3 Å². The van der Waals surface area contributed by atoms with Gasteiger partial charge in [0.25, 0.3) is 0 Å². The topological polar surface area (TPSA) is 20.2 Å². The van der Waals surface area contributed by atoms with Crippen LogP contribution in [-0.4, -0.2) is 16.6 Å². The quantitative estimate of drug-likeness (QED) is 0.405. The van der Waals surface area contributed by atoms with Gasteiger partial charge in [0.2, 0.25) is 0 Å². The Bertz CT molecular complexity index is 471. The fourth-order valence-electron chi connectivity index (χ4n) is 3.83. The Morgan fingerprint density at radius 3 is 2.35 bits per heavy atom. The van der Waals surface area contributed by atoms with Gasteiger partial charge in [-0.1, -0.05) is 55.8 Å². The molecule has 1 aromatic rings. The summed E-state index contributed by atoms with van der Waals surface area (Å²) >= 11 is 18.6. The molecule has 0 aromatic heterocycles. The standard InChI is InChI=1S/C19H27Cl3O/c1-2-3-4-5-6-16-17(19(23)12-18(16)22)8-7-13-9-14(20)11-15(21)10-13/h9-11,16-19,23H,2-8,12H2,1H3/t16-,17-,18-,19-/m1/s1. The molecule has 0 aliphatic heterocycles. The summed E-state index contributed by atoms with van der Waals surface area (Å²) in [6.07, 6.45) is 8.43. The highest BCUT2D eigenvalue weighted by Gasteiger charge is 2.40. The SMILES string of the molecule is CCCCCC[C@@H]1[C@@H](CCc2cc(Cl)cc(Cl)c2)[C@H](O)C[C@H]1Cl. The van der Waals surface area contributed by atoms with Crippen LogP contribution in [0.25, 0.3) is 0 Å². The zero-order valence-electron chi connectivity index (χ0n) is 13.8. The molecular formula is C19H27Cl3O. The summed E-state index contributed by atoms with van der Waals surface area (Å²) in [6.45, 7) is 2.22. The second-order valence-corrected chi connectivity index (χ2v) is 8.25. The average Bonchev–Trinajstić information content (AvgIpc) is 2.74. The summed E-state index contributed by atoms with van der Waals surface area (Å²) < 4.78 is 0. The molecular weight excluding hydrogens is 351 g/mol. The normalized spacial score (nSPS) is 27.5. The summed E-state index contributed by atoms with van der Waals surface area (Å²) in [6, 6.07) is 5.68. The van der Waals surface area contributed by atoms with Crippen LogP contribution in [0.1, 0.15) is 57.4 Å². The lowest BCUT2D eigenvalue weighted by Gasteiger charge is -2.23. The minimum atomic E-state index is -0.275. The predicted octanol–water partition coefficient (Wildman–Crippen LogP) is 6.50. The van der Waals surface area contributed by atoms with E-state index in [1.54, 1.807) is 6.07 Å². The summed E-state index contributed by atoms with van der Waals surface area (Å²) in [7, 11) is 0. The van der Waals surface area contributed by atoms with Gasteiger partial charge in [0.05, 0.1) is 6.10 Å². The van der Waals surface area contributed by atoms with Crippen molar-refractivity contribution in [2.75, 3.05) is 0 Å². The van der Waals surface area contributed by atoms with Crippen LogP contribution < -0.4 is 0 Å². The van der Waals surface area contributed by atoms with Gasteiger partial charge >= 0.3 is 0 Å². The number of alkyl halides is 1. The van der Waals surface area contributed by atoms with Gasteiger partial charge in [-0.15, -0.1) is 11.6 Å². The predicted molar refractivity (Wildman–Crippen MR) is 101 cm³/mol. The van der Waals surface area contributed by atoms with E-state index < -0.39 is 0 Å². The van der Waals surface area contributed by atoms with Crippen molar-refractivity contribution in [2.45, 2.75) is 69.8 Å². The van der Waals surface area contributed by atoms with E-state index in [-0.39, 0.29) is 17.4 Å². The van der Waals surface area contributed by atoms with Crippen molar-refractivity contribution in [3.05, 3.63) is 33.8 Å². The summed E-state index contributed by atoms with van der Waals surface area (Å²) in [5.74, 6) is 0.718. The number of hydrogen-bond donors (Lipinski definition) is 1. The van der Waals surface area contributed by atoms with E-state index in [2.05, 4.69) is 6.92 Å². The lowest BCUT2D eigenvalue weighted by atomic mass is 9.85. The lowest BCUT2D eigenvalue weighted by Crippen LogP contribution is -2.21. The van der Waals surface area contributed by atoms with E-state index in [4.69, 9.17) is 34.8 Å². The summed E-state index contributed by atoms with van der Waals surface area (Å²) in [5.41, 5.74) is 1.14. The highest BCUT2D eigenvalue weighted by molar-refractivity contribution is 6.34. The average molecular weight is 378 g/mol. The second-order valence-electron chi connectivity index (χ2n) is 6.81. The van der Waals surface area contributed by atoms with Gasteiger partial charge in [0, 0.05) is 15.4 Å². The van der Waals surface area contributed by atoms with Gasteiger partial charge in [-0.2, -0.15) is 0 Å². The van der Waals surface area contributed by atoms with Crippen molar-refractivity contribution in [1.82, 2.24) is 0 Å². The molecule has 130 valence electrons. The van der Waals surface area contributed by atoms with Crippen LogP contribution in [0.15, 0.2) is 18.2 Å². The molecule has 0 amide bonds. The zero-order chi connectivity index (χ0) is 16.8. The number of aryl methyl sites for hydroxylation is 1. The van der Waals surface area contributed by atoms with Crippen LogP contribution in [0.3, 0.4) is 0 Å². The molecule has 0 unspecified atom stereocenters.